The van der Waals surface area contributed by atoms with Crippen LogP contribution in [-0.2, 0) is 27.8 Å². The first-order valence-corrected chi connectivity index (χ1v) is 25.3. The van der Waals surface area contributed by atoms with Gasteiger partial charge in [0.05, 0.1) is 6.61 Å². The number of hydrogen-bond donors (Lipinski definition) is 0. The zero-order valence-electron chi connectivity index (χ0n) is 24.8. The molecule has 0 amide bonds. The summed E-state index contributed by atoms with van der Waals surface area (Å²) in [6.07, 6.45) is 16.9. The number of rotatable bonds is 21. The van der Waals surface area contributed by atoms with Crippen molar-refractivity contribution in [3.63, 3.8) is 0 Å². The van der Waals surface area contributed by atoms with Gasteiger partial charge in [-0.15, -0.1) is 0 Å². The average Bonchev–Trinajstić information content (AvgIpc) is 2.74. The van der Waals surface area contributed by atoms with E-state index in [1.807, 2.05) is 18.3 Å². The quantitative estimate of drug-likeness (QED) is 0.109. The van der Waals surface area contributed by atoms with Crippen molar-refractivity contribution in [2.24, 2.45) is 0 Å². The molecule has 0 bridgehead atoms. The Labute approximate surface area is 226 Å². The summed E-state index contributed by atoms with van der Waals surface area (Å²) in [7, 11) is -9.53. The molecule has 1 rings (SSSR count). The fraction of sp³-hybridized carbons (Fsp3) is 0.808. The SMILES string of the molecule is CCCCCCCCCCCCO[Si](C)(C)O[Si](C)(C)O[Si](C)(C)O[Si](C)(C)OCc1cccnc1. The molecular weight excluding hydrogens is 519 g/mol. The Bertz CT molecular complexity index is 705. The van der Waals surface area contributed by atoms with Crippen LogP contribution in [0.4, 0.5) is 0 Å². The van der Waals surface area contributed by atoms with Crippen LogP contribution in [0.25, 0.3) is 0 Å². The Hall–Kier alpha value is -0.182. The summed E-state index contributed by atoms with van der Waals surface area (Å²) in [5.74, 6) is 0. The zero-order valence-corrected chi connectivity index (χ0v) is 28.8. The summed E-state index contributed by atoms with van der Waals surface area (Å²) in [5.41, 5.74) is 1.05. The second-order valence-corrected chi connectivity index (χ2v) is 25.8. The second kappa shape index (κ2) is 16.7. The fourth-order valence-electron chi connectivity index (χ4n) is 4.52. The molecule has 0 aliphatic heterocycles. The first-order chi connectivity index (χ1) is 16.8. The van der Waals surface area contributed by atoms with Gasteiger partial charge in [0, 0.05) is 19.0 Å². The lowest BCUT2D eigenvalue weighted by atomic mass is 10.1. The molecule has 210 valence electrons. The van der Waals surface area contributed by atoms with Crippen molar-refractivity contribution in [3.05, 3.63) is 30.1 Å². The van der Waals surface area contributed by atoms with Gasteiger partial charge >= 0.3 is 34.2 Å². The maximum atomic E-state index is 6.59. The lowest BCUT2D eigenvalue weighted by Gasteiger charge is -2.40. The molecule has 0 saturated heterocycles. The van der Waals surface area contributed by atoms with Gasteiger partial charge in [0.15, 0.2) is 0 Å². The highest BCUT2D eigenvalue weighted by Crippen LogP contribution is 2.25. The van der Waals surface area contributed by atoms with Crippen LogP contribution >= 0.6 is 0 Å². The van der Waals surface area contributed by atoms with Gasteiger partial charge in [0.1, 0.15) is 0 Å². The highest BCUT2D eigenvalue weighted by molar-refractivity contribution is 6.87. The van der Waals surface area contributed by atoms with Crippen molar-refractivity contribution in [3.8, 4) is 0 Å². The van der Waals surface area contributed by atoms with Crippen LogP contribution in [0.3, 0.4) is 0 Å². The van der Waals surface area contributed by atoms with Gasteiger partial charge in [-0.25, -0.2) is 0 Å². The van der Waals surface area contributed by atoms with Gasteiger partial charge in [-0.05, 0) is 70.4 Å². The highest BCUT2D eigenvalue weighted by atomic mass is 28.5. The highest BCUT2D eigenvalue weighted by Gasteiger charge is 2.44. The molecule has 0 aliphatic carbocycles. The van der Waals surface area contributed by atoms with Crippen molar-refractivity contribution < 1.29 is 21.2 Å². The first-order valence-electron chi connectivity index (χ1n) is 14.0. The molecule has 36 heavy (non-hydrogen) atoms. The van der Waals surface area contributed by atoms with E-state index in [0.717, 1.165) is 18.6 Å². The van der Waals surface area contributed by atoms with Crippen LogP contribution in [0, 0.1) is 0 Å². The molecule has 0 fully saturated rings. The third-order valence-electron chi connectivity index (χ3n) is 5.73. The van der Waals surface area contributed by atoms with E-state index in [1.165, 1.54) is 57.8 Å². The van der Waals surface area contributed by atoms with E-state index in [0.29, 0.717) is 6.61 Å². The molecule has 0 radical (unpaired) electrons. The van der Waals surface area contributed by atoms with Crippen LogP contribution < -0.4 is 0 Å². The molecule has 1 aromatic heterocycles. The molecule has 1 heterocycles. The molecule has 0 spiro atoms. The first kappa shape index (κ1) is 33.8. The van der Waals surface area contributed by atoms with Gasteiger partial charge in [0.25, 0.3) is 0 Å². The summed E-state index contributed by atoms with van der Waals surface area (Å²) in [6, 6.07) is 3.94. The summed E-state index contributed by atoms with van der Waals surface area (Å²) in [6.45, 7) is 20.4. The molecule has 0 aromatic carbocycles. The van der Waals surface area contributed by atoms with Crippen molar-refractivity contribution in [2.75, 3.05) is 6.61 Å². The Morgan fingerprint density at radius 1 is 0.611 bits per heavy atom. The molecule has 10 heteroatoms. The summed E-state index contributed by atoms with van der Waals surface area (Å²) in [5, 5.41) is 0. The zero-order chi connectivity index (χ0) is 27.1. The topological polar surface area (TPSA) is 59.0 Å². The molecule has 0 aliphatic rings. The Morgan fingerprint density at radius 3 is 1.58 bits per heavy atom. The van der Waals surface area contributed by atoms with Crippen LogP contribution in [0.1, 0.15) is 76.7 Å². The number of unbranched alkanes of at least 4 members (excludes halogenated alkanes) is 9. The number of aromatic nitrogens is 1. The second-order valence-electron chi connectivity index (χ2n) is 11.6. The lowest BCUT2D eigenvalue weighted by Crippen LogP contribution is -2.57. The van der Waals surface area contributed by atoms with Crippen LogP contribution in [-0.4, -0.2) is 45.8 Å². The number of hydrogen-bond acceptors (Lipinski definition) is 6. The van der Waals surface area contributed by atoms with Crippen LogP contribution in [0.2, 0.25) is 52.4 Å². The standard InChI is InChI=1S/C26H55NO5Si4/c1-10-11-12-13-14-15-16-17-18-19-23-28-33(2,3)30-35(6,7)32-36(8,9)31-34(4,5)29-25-26-21-20-22-27-24-26/h20-22,24H,10-19,23,25H2,1-9H3. The van der Waals surface area contributed by atoms with E-state index in [4.69, 9.17) is 21.2 Å². The average molecular weight is 574 g/mol. The molecule has 0 N–H and O–H groups in total. The van der Waals surface area contributed by atoms with Gasteiger partial charge < -0.3 is 21.2 Å². The monoisotopic (exact) mass is 573 g/mol. The smallest absolute Gasteiger partial charge is 0.323 e. The minimum absolute atomic E-state index is 0.502. The minimum Gasteiger partial charge on any atom is -0.416 e. The van der Waals surface area contributed by atoms with E-state index in [9.17, 15) is 0 Å². The molecule has 0 saturated carbocycles. The third-order valence-corrected chi connectivity index (χ3v) is 19.3. The Balaban J connectivity index is 2.33. The molecule has 0 unspecified atom stereocenters. The van der Waals surface area contributed by atoms with Crippen LogP contribution in [0.5, 0.6) is 0 Å². The van der Waals surface area contributed by atoms with Crippen molar-refractivity contribution >= 4 is 34.2 Å². The normalized spacial score (nSPS) is 13.4. The predicted molar refractivity (Wildman–Crippen MR) is 160 cm³/mol. The van der Waals surface area contributed by atoms with Crippen molar-refractivity contribution in [1.82, 2.24) is 4.98 Å². The van der Waals surface area contributed by atoms with Gasteiger partial charge in [-0.1, -0.05) is 70.8 Å². The lowest BCUT2D eigenvalue weighted by molar-refractivity contribution is 0.203. The molecule has 0 atom stereocenters. The summed E-state index contributed by atoms with van der Waals surface area (Å²) in [4.78, 5) is 4.16. The van der Waals surface area contributed by atoms with Crippen LogP contribution in [0.15, 0.2) is 24.5 Å². The van der Waals surface area contributed by atoms with E-state index in [-0.39, 0.29) is 0 Å². The maximum Gasteiger partial charge on any atom is 0.323 e. The summed E-state index contributed by atoms with van der Waals surface area (Å²) >= 11 is 0. The minimum atomic E-state index is -2.46. The van der Waals surface area contributed by atoms with Crippen molar-refractivity contribution in [2.45, 2.75) is 130 Å². The van der Waals surface area contributed by atoms with E-state index in [2.05, 4.69) is 64.3 Å². The molecule has 6 nitrogen and oxygen atoms in total. The van der Waals surface area contributed by atoms with Gasteiger partial charge in [0.2, 0.25) is 0 Å². The van der Waals surface area contributed by atoms with E-state index >= 15 is 0 Å². The maximum absolute atomic E-state index is 6.59. The van der Waals surface area contributed by atoms with Gasteiger partial charge in [-0.3, -0.25) is 4.98 Å². The molecular formula is C26H55NO5Si4. The largest absolute Gasteiger partial charge is 0.416 e. The number of pyridine rings is 1. The van der Waals surface area contributed by atoms with Gasteiger partial charge in [-0.2, -0.15) is 0 Å². The van der Waals surface area contributed by atoms with E-state index in [1.54, 1.807) is 6.20 Å². The summed E-state index contributed by atoms with van der Waals surface area (Å²) < 4.78 is 32.1. The third kappa shape index (κ3) is 17.3. The predicted octanol–water partition coefficient (Wildman–Crippen LogP) is 8.39. The Kier molecular flexibility index (Phi) is 15.7. The van der Waals surface area contributed by atoms with Crippen molar-refractivity contribution in [1.29, 1.82) is 0 Å². The molecule has 1 aromatic rings. The van der Waals surface area contributed by atoms with E-state index < -0.39 is 34.2 Å². The number of nitrogens with zero attached hydrogens (tertiary/aromatic N) is 1. The Morgan fingerprint density at radius 2 is 1.08 bits per heavy atom. The fourth-order valence-corrected chi connectivity index (χ4v) is 21.4.